The summed E-state index contributed by atoms with van der Waals surface area (Å²) in [4.78, 5) is 11.4. The van der Waals surface area contributed by atoms with Crippen LogP contribution >= 0.6 is 0 Å². The highest BCUT2D eigenvalue weighted by Crippen LogP contribution is 2.35. The maximum atomic E-state index is 11.4. The number of ketones is 1. The fraction of sp³-hybridized carbons (Fsp3) is 0.909. The summed E-state index contributed by atoms with van der Waals surface area (Å²) in [6.45, 7) is 1.08. The average Bonchev–Trinajstić information content (AvgIpc) is 2.17. The summed E-state index contributed by atoms with van der Waals surface area (Å²) in [5.74, 6) is -0.379. The third-order valence-electron chi connectivity index (χ3n) is 3.03. The maximum Gasteiger partial charge on any atom is 0.175 e. The van der Waals surface area contributed by atoms with Crippen molar-refractivity contribution in [3.63, 3.8) is 0 Å². The standard InChI is InChI=1S/C11H18O4/c1-13-8-10-3-2-5-11(15-10)7-9(12)4-6-14-11/h10H,2-8H2,1H3/t10-,11+/m0/s1. The van der Waals surface area contributed by atoms with E-state index >= 15 is 0 Å². The normalized spacial score (nSPS) is 37.1. The van der Waals surface area contributed by atoms with E-state index < -0.39 is 5.79 Å². The molecule has 2 aliphatic rings. The summed E-state index contributed by atoms with van der Waals surface area (Å²) < 4.78 is 16.6. The van der Waals surface area contributed by atoms with Crippen LogP contribution in [0.1, 0.15) is 32.1 Å². The van der Waals surface area contributed by atoms with Crippen molar-refractivity contribution in [3.8, 4) is 0 Å². The minimum Gasteiger partial charge on any atom is -0.382 e. The molecule has 0 N–H and O–H groups in total. The smallest absolute Gasteiger partial charge is 0.175 e. The fourth-order valence-electron chi connectivity index (χ4n) is 2.35. The Morgan fingerprint density at radius 1 is 1.60 bits per heavy atom. The van der Waals surface area contributed by atoms with E-state index in [1.165, 1.54) is 0 Å². The molecule has 2 heterocycles. The van der Waals surface area contributed by atoms with Crippen molar-refractivity contribution < 1.29 is 19.0 Å². The van der Waals surface area contributed by atoms with Gasteiger partial charge in [0.2, 0.25) is 0 Å². The lowest BCUT2D eigenvalue weighted by Crippen LogP contribution is -2.48. The van der Waals surface area contributed by atoms with Gasteiger partial charge in [-0.25, -0.2) is 0 Å². The molecule has 0 saturated carbocycles. The Bertz CT molecular complexity index is 235. The zero-order chi connectivity index (χ0) is 10.7. The number of hydrogen-bond donors (Lipinski definition) is 0. The van der Waals surface area contributed by atoms with Gasteiger partial charge in [-0.3, -0.25) is 4.79 Å². The molecule has 1 spiro atoms. The Morgan fingerprint density at radius 3 is 3.20 bits per heavy atom. The molecule has 2 rings (SSSR count). The molecule has 0 amide bonds. The molecule has 2 aliphatic heterocycles. The minimum absolute atomic E-state index is 0.0784. The van der Waals surface area contributed by atoms with Gasteiger partial charge < -0.3 is 14.2 Å². The lowest BCUT2D eigenvalue weighted by atomic mass is 9.94. The van der Waals surface area contributed by atoms with Crippen molar-refractivity contribution in [1.29, 1.82) is 0 Å². The molecule has 0 aromatic heterocycles. The first kappa shape index (κ1) is 11.0. The van der Waals surface area contributed by atoms with Crippen LogP contribution in [0, 0.1) is 0 Å². The predicted molar refractivity (Wildman–Crippen MR) is 53.5 cm³/mol. The molecule has 0 radical (unpaired) electrons. The van der Waals surface area contributed by atoms with Crippen LogP contribution < -0.4 is 0 Å². The molecular weight excluding hydrogens is 196 g/mol. The second kappa shape index (κ2) is 4.60. The van der Waals surface area contributed by atoms with Crippen molar-refractivity contribution in [1.82, 2.24) is 0 Å². The molecule has 0 aliphatic carbocycles. The summed E-state index contributed by atoms with van der Waals surface area (Å²) in [5, 5.41) is 0. The van der Waals surface area contributed by atoms with Gasteiger partial charge >= 0.3 is 0 Å². The first-order valence-corrected chi connectivity index (χ1v) is 5.56. The Hall–Kier alpha value is -0.450. The van der Waals surface area contributed by atoms with Crippen molar-refractivity contribution in [2.45, 2.75) is 44.0 Å². The first-order valence-electron chi connectivity index (χ1n) is 5.56. The lowest BCUT2D eigenvalue weighted by Gasteiger charge is -2.42. The van der Waals surface area contributed by atoms with Gasteiger partial charge in [0.1, 0.15) is 5.78 Å². The van der Waals surface area contributed by atoms with Crippen molar-refractivity contribution in [2.75, 3.05) is 20.3 Å². The lowest BCUT2D eigenvalue weighted by molar-refractivity contribution is -0.291. The van der Waals surface area contributed by atoms with Crippen LogP contribution in [0.3, 0.4) is 0 Å². The summed E-state index contributed by atoms with van der Waals surface area (Å²) >= 11 is 0. The predicted octanol–water partition coefficient (Wildman–Crippen LogP) is 1.28. The summed E-state index contributed by atoms with van der Waals surface area (Å²) in [5.41, 5.74) is 0. The molecule has 2 fully saturated rings. The van der Waals surface area contributed by atoms with Crippen LogP contribution in [0.2, 0.25) is 0 Å². The van der Waals surface area contributed by atoms with Gasteiger partial charge in [0.15, 0.2) is 5.79 Å². The zero-order valence-corrected chi connectivity index (χ0v) is 9.16. The number of carbonyl (C=O) groups excluding carboxylic acids is 1. The third kappa shape index (κ3) is 2.56. The van der Waals surface area contributed by atoms with E-state index in [1.54, 1.807) is 7.11 Å². The molecule has 4 nitrogen and oxygen atoms in total. The van der Waals surface area contributed by atoms with Crippen LogP contribution in [0.5, 0.6) is 0 Å². The van der Waals surface area contributed by atoms with Crippen molar-refractivity contribution in [3.05, 3.63) is 0 Å². The van der Waals surface area contributed by atoms with Gasteiger partial charge in [0.25, 0.3) is 0 Å². The highest BCUT2D eigenvalue weighted by molar-refractivity contribution is 5.80. The number of methoxy groups -OCH3 is 1. The Kier molecular flexibility index (Phi) is 3.38. The van der Waals surface area contributed by atoms with Crippen molar-refractivity contribution in [2.24, 2.45) is 0 Å². The number of ether oxygens (including phenoxy) is 3. The highest BCUT2D eigenvalue weighted by Gasteiger charge is 2.42. The molecular formula is C11H18O4. The van der Waals surface area contributed by atoms with Crippen LogP contribution in [-0.2, 0) is 19.0 Å². The van der Waals surface area contributed by atoms with E-state index in [-0.39, 0.29) is 11.9 Å². The average molecular weight is 214 g/mol. The summed E-state index contributed by atoms with van der Waals surface area (Å²) in [7, 11) is 1.66. The number of Topliss-reactive ketones (excluding diaryl/α,β-unsaturated/α-hetero) is 1. The van der Waals surface area contributed by atoms with E-state index in [1.807, 2.05) is 0 Å². The van der Waals surface area contributed by atoms with Crippen molar-refractivity contribution >= 4 is 5.78 Å². The Labute approximate surface area is 89.9 Å². The second-order valence-electron chi connectivity index (χ2n) is 4.31. The van der Waals surface area contributed by atoms with Gasteiger partial charge in [-0.2, -0.15) is 0 Å². The van der Waals surface area contributed by atoms with E-state index in [4.69, 9.17) is 14.2 Å². The molecule has 0 unspecified atom stereocenters. The Morgan fingerprint density at radius 2 is 2.47 bits per heavy atom. The molecule has 2 saturated heterocycles. The molecule has 4 heteroatoms. The zero-order valence-electron chi connectivity index (χ0n) is 9.16. The van der Waals surface area contributed by atoms with Crippen LogP contribution in [0.25, 0.3) is 0 Å². The van der Waals surface area contributed by atoms with Gasteiger partial charge in [0.05, 0.1) is 25.7 Å². The van der Waals surface area contributed by atoms with Crippen LogP contribution in [-0.4, -0.2) is 38.0 Å². The van der Waals surface area contributed by atoms with Gasteiger partial charge in [-0.05, 0) is 12.8 Å². The van der Waals surface area contributed by atoms with Crippen LogP contribution in [0.15, 0.2) is 0 Å². The molecule has 0 bridgehead atoms. The third-order valence-corrected chi connectivity index (χ3v) is 3.03. The molecule has 2 atom stereocenters. The van der Waals surface area contributed by atoms with Gasteiger partial charge in [-0.1, -0.05) is 0 Å². The second-order valence-corrected chi connectivity index (χ2v) is 4.31. The van der Waals surface area contributed by atoms with E-state index in [9.17, 15) is 4.79 Å². The molecule has 0 aromatic rings. The summed E-state index contributed by atoms with van der Waals surface area (Å²) in [6, 6.07) is 0. The van der Waals surface area contributed by atoms with E-state index in [0.717, 1.165) is 19.3 Å². The highest BCUT2D eigenvalue weighted by atomic mass is 16.7. The first-order chi connectivity index (χ1) is 7.24. The van der Waals surface area contributed by atoms with Crippen LogP contribution in [0.4, 0.5) is 0 Å². The quantitative estimate of drug-likeness (QED) is 0.694. The SMILES string of the molecule is COC[C@@H]1CCC[C@]2(CC(=O)CCO2)O1. The molecule has 15 heavy (non-hydrogen) atoms. The molecule has 0 aromatic carbocycles. The fourth-order valence-corrected chi connectivity index (χ4v) is 2.35. The van der Waals surface area contributed by atoms with Gasteiger partial charge in [-0.15, -0.1) is 0 Å². The number of rotatable bonds is 2. The summed E-state index contributed by atoms with van der Waals surface area (Å²) in [6.07, 6.45) is 3.88. The largest absolute Gasteiger partial charge is 0.382 e. The number of hydrogen-bond acceptors (Lipinski definition) is 4. The van der Waals surface area contributed by atoms with E-state index in [2.05, 4.69) is 0 Å². The Balaban J connectivity index is 1.97. The topological polar surface area (TPSA) is 44.8 Å². The minimum atomic E-state index is -0.628. The number of carbonyl (C=O) groups is 1. The van der Waals surface area contributed by atoms with E-state index in [0.29, 0.717) is 26.1 Å². The monoisotopic (exact) mass is 214 g/mol. The molecule has 86 valence electrons. The maximum absolute atomic E-state index is 11.4. The van der Waals surface area contributed by atoms with Gasteiger partial charge in [0, 0.05) is 20.0 Å².